The number of unbranched alkanes of at least 4 members (excludes halogenated alkanes) is 6. The lowest BCUT2D eigenvalue weighted by Crippen LogP contribution is -3.00. The molecular weight excluding hydrogens is 714 g/mol. The van der Waals surface area contributed by atoms with Gasteiger partial charge in [-0.1, -0.05) is 55.4 Å². The van der Waals surface area contributed by atoms with E-state index in [-0.39, 0.29) is 50.9 Å². The zero-order valence-electron chi connectivity index (χ0n) is 30.3. The molecule has 0 saturated heterocycles. The summed E-state index contributed by atoms with van der Waals surface area (Å²) < 4.78 is 4.20. The van der Waals surface area contributed by atoms with Crippen molar-refractivity contribution in [1.29, 1.82) is 0 Å². The Balaban J connectivity index is -0.00000241. The summed E-state index contributed by atoms with van der Waals surface area (Å²) in [5, 5.41) is 0. The lowest BCUT2D eigenvalue weighted by atomic mass is 10.1. The topological polar surface area (TPSA) is 0 Å². The van der Waals surface area contributed by atoms with Crippen LogP contribution in [0.4, 0.5) is 0 Å². The van der Waals surface area contributed by atoms with E-state index in [1.807, 2.05) is 0 Å². The lowest BCUT2D eigenvalue weighted by Gasteiger charge is -2.40. The van der Waals surface area contributed by atoms with Crippen molar-refractivity contribution in [2.75, 3.05) is 78.5 Å². The molecule has 0 atom stereocenters. The quantitative estimate of drug-likeness (QED) is 0.0749. The van der Waals surface area contributed by atoms with Gasteiger partial charge in [-0.3, -0.25) is 0 Å². The van der Waals surface area contributed by atoms with Gasteiger partial charge in [-0.05, 0) is 103 Å². The van der Waals surface area contributed by atoms with Crippen molar-refractivity contribution in [3.63, 3.8) is 0 Å². The van der Waals surface area contributed by atoms with Crippen LogP contribution < -0.4 is 50.9 Å². The van der Waals surface area contributed by atoms with E-state index in [4.69, 9.17) is 0 Å². The van der Waals surface area contributed by atoms with E-state index in [0.29, 0.717) is 0 Å². The van der Waals surface area contributed by atoms with Crippen LogP contribution >= 0.6 is 0 Å². The molecule has 260 valence electrons. The average Bonchev–Trinajstić information content (AvgIpc) is 2.89. The maximum absolute atomic E-state index is 2.42. The molecule has 0 fully saturated rings. The van der Waals surface area contributed by atoms with E-state index in [2.05, 4.69) is 55.4 Å². The first-order valence-electron chi connectivity index (χ1n) is 18.5. The minimum Gasteiger partial charge on any atom is -1.00 e. The number of halogens is 3. The molecule has 0 saturated carbocycles. The molecule has 0 N–H and O–H groups in total. The lowest BCUT2D eigenvalue weighted by molar-refractivity contribution is -0.929. The first-order valence-corrected chi connectivity index (χ1v) is 18.5. The highest BCUT2D eigenvalue weighted by Gasteiger charge is 2.27. The minimum atomic E-state index is 0. The van der Waals surface area contributed by atoms with Crippen molar-refractivity contribution in [3.05, 3.63) is 0 Å². The Morgan fingerprint density at radius 3 is 0.500 bits per heavy atom. The second kappa shape index (κ2) is 32.3. The monoisotopic (exact) mass is 791 g/mol. The van der Waals surface area contributed by atoms with Crippen LogP contribution in [0.25, 0.3) is 0 Å². The molecule has 0 aromatic carbocycles. The van der Waals surface area contributed by atoms with Gasteiger partial charge in [0.1, 0.15) is 0 Å². The molecule has 0 bridgehead atoms. The van der Waals surface area contributed by atoms with Crippen molar-refractivity contribution in [3.8, 4) is 0 Å². The largest absolute Gasteiger partial charge is 1.00 e. The van der Waals surface area contributed by atoms with Gasteiger partial charge in [0.25, 0.3) is 0 Å². The Labute approximate surface area is 299 Å². The highest BCUT2D eigenvalue weighted by atomic mass is 79.9. The third-order valence-electron chi connectivity index (χ3n) is 9.61. The molecule has 0 spiro atoms. The maximum atomic E-state index is 2.42. The Kier molecular flexibility index (Phi) is 38.6. The van der Waals surface area contributed by atoms with Crippen molar-refractivity contribution < 1.29 is 64.4 Å². The third kappa shape index (κ3) is 22.0. The predicted molar refractivity (Wildman–Crippen MR) is 178 cm³/mol. The molecule has 0 aliphatic heterocycles. The van der Waals surface area contributed by atoms with Crippen molar-refractivity contribution in [1.82, 2.24) is 0 Å². The molecule has 0 amide bonds. The summed E-state index contributed by atoms with van der Waals surface area (Å²) >= 11 is 0. The zero-order chi connectivity index (χ0) is 29.3. The van der Waals surface area contributed by atoms with Gasteiger partial charge in [0.2, 0.25) is 0 Å². The van der Waals surface area contributed by atoms with Crippen molar-refractivity contribution in [2.45, 2.75) is 158 Å². The summed E-state index contributed by atoms with van der Waals surface area (Å²) in [5.74, 6) is 0. The maximum Gasteiger partial charge on any atom is 0.0786 e. The van der Waals surface area contributed by atoms with Crippen LogP contribution in [0.15, 0.2) is 0 Å². The number of quaternary nitrogens is 3. The zero-order valence-corrected chi connectivity index (χ0v) is 35.0. The first kappa shape index (κ1) is 50.2. The molecule has 0 unspecified atom stereocenters. The highest BCUT2D eigenvalue weighted by Crippen LogP contribution is 2.20. The molecule has 3 nitrogen and oxygen atoms in total. The second-order valence-corrected chi connectivity index (χ2v) is 13.5. The van der Waals surface area contributed by atoms with E-state index < -0.39 is 0 Å². The molecule has 6 heteroatoms. The van der Waals surface area contributed by atoms with Crippen LogP contribution in [0.1, 0.15) is 158 Å². The number of nitrogens with zero attached hydrogens (tertiary/aromatic N) is 3. The second-order valence-electron chi connectivity index (χ2n) is 13.5. The first-order chi connectivity index (χ1) is 18.9. The molecule has 42 heavy (non-hydrogen) atoms. The Bertz CT molecular complexity index is 453. The average molecular weight is 795 g/mol. The van der Waals surface area contributed by atoms with Crippen LogP contribution in [0.3, 0.4) is 0 Å². The van der Waals surface area contributed by atoms with E-state index in [1.165, 1.54) is 195 Å². The summed E-state index contributed by atoms with van der Waals surface area (Å²) in [4.78, 5) is 0. The van der Waals surface area contributed by atoms with Crippen molar-refractivity contribution in [2.24, 2.45) is 0 Å². The van der Waals surface area contributed by atoms with Gasteiger partial charge in [0, 0.05) is 0 Å². The van der Waals surface area contributed by atoms with Crippen LogP contribution in [-0.2, 0) is 0 Å². The van der Waals surface area contributed by atoms with Gasteiger partial charge >= 0.3 is 0 Å². The standard InChI is InChI=1S/C36H80N3.3BrH/c1-9-25-37(26-10-2,27-11-3)33-21-17-19-23-35-39(31-15-7,32-16-8)36-24-20-18-22-34-38(28-12-4,29-13-5)30-14-6;;;/h9-36H2,1-8H3;3*1H/q+3;;;/p-3. The third-order valence-corrected chi connectivity index (χ3v) is 9.61. The Hall–Kier alpha value is 1.32. The molecular formula is C36H80Br3N3. The van der Waals surface area contributed by atoms with Gasteiger partial charge in [-0.2, -0.15) is 0 Å². The fourth-order valence-electron chi connectivity index (χ4n) is 8.30. The number of hydrogen-bond acceptors (Lipinski definition) is 0. The van der Waals surface area contributed by atoms with E-state index in [0.717, 1.165) is 0 Å². The number of rotatable bonds is 30. The fraction of sp³-hybridized carbons (Fsp3) is 1.00. The summed E-state index contributed by atoms with van der Waals surface area (Å²) in [6.45, 7) is 36.0. The molecule has 0 radical (unpaired) electrons. The fourth-order valence-corrected chi connectivity index (χ4v) is 8.30. The van der Waals surface area contributed by atoms with Gasteiger partial charge in [0.15, 0.2) is 0 Å². The van der Waals surface area contributed by atoms with Crippen LogP contribution in [-0.4, -0.2) is 92.0 Å². The van der Waals surface area contributed by atoms with E-state index in [9.17, 15) is 0 Å². The molecule has 0 aliphatic carbocycles. The molecule has 0 aromatic rings. The molecule has 0 heterocycles. The van der Waals surface area contributed by atoms with Gasteiger partial charge < -0.3 is 64.4 Å². The summed E-state index contributed by atoms with van der Waals surface area (Å²) in [5.41, 5.74) is 0. The van der Waals surface area contributed by atoms with Gasteiger partial charge in [-0.25, -0.2) is 0 Å². The SMILES string of the molecule is CCC[N+](CCC)(CCC)CCCCCC[N+](CCC)(CCC)CCCCCC[N+](CCC)(CCC)CCC.[Br-].[Br-].[Br-]. The Morgan fingerprint density at radius 2 is 0.357 bits per heavy atom. The summed E-state index contributed by atoms with van der Waals surface area (Å²) in [6.07, 6.45) is 22.3. The summed E-state index contributed by atoms with van der Waals surface area (Å²) in [6, 6.07) is 0. The van der Waals surface area contributed by atoms with Gasteiger partial charge in [0.05, 0.1) is 78.5 Å². The van der Waals surface area contributed by atoms with Gasteiger partial charge in [-0.15, -0.1) is 0 Å². The number of hydrogen-bond donors (Lipinski definition) is 0. The van der Waals surface area contributed by atoms with E-state index in [1.54, 1.807) is 0 Å². The van der Waals surface area contributed by atoms with Crippen LogP contribution in [0.2, 0.25) is 0 Å². The van der Waals surface area contributed by atoms with Crippen LogP contribution in [0.5, 0.6) is 0 Å². The van der Waals surface area contributed by atoms with Crippen molar-refractivity contribution >= 4 is 0 Å². The predicted octanol–water partition coefficient (Wildman–Crippen LogP) is 0.850. The highest BCUT2D eigenvalue weighted by molar-refractivity contribution is 4.54. The summed E-state index contributed by atoms with van der Waals surface area (Å²) in [7, 11) is 0. The Morgan fingerprint density at radius 1 is 0.214 bits per heavy atom. The molecule has 0 aliphatic rings. The smallest absolute Gasteiger partial charge is 0.0786 e. The molecule has 0 aromatic heterocycles. The van der Waals surface area contributed by atoms with Crippen LogP contribution in [0, 0.1) is 0 Å². The normalized spacial score (nSPS) is 12.0. The minimum absolute atomic E-state index is 0. The van der Waals surface area contributed by atoms with E-state index >= 15 is 0 Å². The molecule has 0 rings (SSSR count).